The zero-order valence-electron chi connectivity index (χ0n) is 15.7. The van der Waals surface area contributed by atoms with Gasteiger partial charge in [0.15, 0.2) is 5.78 Å². The molecule has 0 saturated heterocycles. The lowest BCUT2D eigenvalue weighted by Gasteiger charge is -2.32. The molecule has 2 aromatic carbocycles. The molecular weight excluding hydrogens is 376 g/mol. The summed E-state index contributed by atoms with van der Waals surface area (Å²) in [7, 11) is 3.24. The van der Waals surface area contributed by atoms with Gasteiger partial charge in [0.05, 0.1) is 20.3 Å². The van der Waals surface area contributed by atoms with Crippen molar-refractivity contribution in [2.45, 2.75) is 23.4 Å². The maximum absolute atomic E-state index is 13.3. The number of nitrogens with one attached hydrogen (secondary N) is 1. The number of hydrogen-bond acceptors (Lipinski definition) is 7. The van der Waals surface area contributed by atoms with Gasteiger partial charge in [0.1, 0.15) is 22.6 Å². The van der Waals surface area contributed by atoms with E-state index in [1.807, 2.05) is 35.9 Å². The van der Waals surface area contributed by atoms with Crippen molar-refractivity contribution in [1.29, 1.82) is 0 Å². The molecule has 0 spiro atoms. The van der Waals surface area contributed by atoms with Gasteiger partial charge < -0.3 is 14.9 Å². The number of carbonyl (C=O) groups excluding carboxylic acids is 1. The van der Waals surface area contributed by atoms with E-state index >= 15 is 0 Å². The van der Waals surface area contributed by atoms with Gasteiger partial charge in [-0.15, -0.1) is 10.2 Å². The van der Waals surface area contributed by atoms with E-state index in [4.69, 9.17) is 9.47 Å². The van der Waals surface area contributed by atoms with Crippen molar-refractivity contribution >= 4 is 17.5 Å². The number of nitrogens with zero attached hydrogens (tertiary/aromatic N) is 3. The van der Waals surface area contributed by atoms with E-state index in [1.165, 1.54) is 11.8 Å². The molecule has 8 heteroatoms. The Bertz CT molecular complexity index is 986. The molecule has 28 heavy (non-hydrogen) atoms. The van der Waals surface area contributed by atoms with E-state index in [9.17, 15) is 4.79 Å². The lowest BCUT2D eigenvalue weighted by molar-refractivity contribution is 0.0980. The van der Waals surface area contributed by atoms with Gasteiger partial charge in [-0.05, 0) is 48.9 Å². The Hall–Kier alpha value is -3.00. The predicted molar refractivity (Wildman–Crippen MR) is 107 cm³/mol. The number of benzene rings is 2. The van der Waals surface area contributed by atoms with Crippen LogP contribution in [-0.2, 0) is 0 Å². The van der Waals surface area contributed by atoms with Crippen molar-refractivity contribution in [3.8, 4) is 11.5 Å². The Kier molecular flexibility index (Phi) is 4.95. The smallest absolute Gasteiger partial charge is 0.210 e. The molecule has 0 saturated carbocycles. The molecule has 0 radical (unpaired) electrons. The third-order valence-electron chi connectivity index (χ3n) is 4.71. The topological polar surface area (TPSA) is 78.3 Å². The molecule has 3 aromatic rings. The third kappa shape index (κ3) is 3.31. The summed E-state index contributed by atoms with van der Waals surface area (Å²) in [6.45, 7) is 1.88. The fourth-order valence-electron chi connectivity index (χ4n) is 3.14. The Labute approximate surface area is 167 Å². The van der Waals surface area contributed by atoms with Gasteiger partial charge in [-0.25, -0.2) is 4.68 Å². The average molecular weight is 396 g/mol. The van der Waals surface area contributed by atoms with Crippen LogP contribution in [0.1, 0.15) is 27.8 Å². The summed E-state index contributed by atoms with van der Waals surface area (Å²) in [5.74, 6) is 2.25. The first-order valence-electron chi connectivity index (χ1n) is 8.78. The number of fused-ring (bicyclic) bond motifs is 1. The maximum atomic E-state index is 13.3. The van der Waals surface area contributed by atoms with E-state index in [-0.39, 0.29) is 11.8 Å². The maximum Gasteiger partial charge on any atom is 0.210 e. The monoisotopic (exact) mass is 396 g/mol. The minimum atomic E-state index is -0.391. The van der Waals surface area contributed by atoms with Crippen LogP contribution < -0.4 is 14.9 Å². The molecule has 0 fully saturated rings. The second-order valence-corrected chi connectivity index (χ2v) is 7.49. The minimum absolute atomic E-state index is 0.0212. The molecule has 1 N–H and O–H groups in total. The quantitative estimate of drug-likeness (QED) is 0.663. The zero-order valence-corrected chi connectivity index (χ0v) is 16.6. The van der Waals surface area contributed by atoms with Crippen LogP contribution in [0, 0.1) is 6.92 Å². The number of aromatic nitrogens is 3. The summed E-state index contributed by atoms with van der Waals surface area (Å²) in [5, 5.41) is 8.60. The van der Waals surface area contributed by atoms with E-state index < -0.39 is 5.25 Å². The van der Waals surface area contributed by atoms with E-state index in [0.717, 1.165) is 17.1 Å². The summed E-state index contributed by atoms with van der Waals surface area (Å²) in [6.07, 6.45) is 0. The number of thioether (sulfide) groups is 1. The largest absolute Gasteiger partial charge is 0.497 e. The standard InChI is InChI=1S/C20H20N4O3S/c1-12-21-22-20-24(12)23-17(13-4-8-15(26-2)9-5-13)19(28-20)18(25)14-6-10-16(27-3)11-7-14/h4-11,17,19,23H,1-3H3. The van der Waals surface area contributed by atoms with Crippen LogP contribution in [0.15, 0.2) is 53.7 Å². The van der Waals surface area contributed by atoms with E-state index in [1.54, 1.807) is 38.5 Å². The number of hydrogen-bond donors (Lipinski definition) is 1. The van der Waals surface area contributed by atoms with Crippen molar-refractivity contribution in [3.63, 3.8) is 0 Å². The Morgan fingerprint density at radius 3 is 2.21 bits per heavy atom. The molecule has 2 heterocycles. The molecule has 0 amide bonds. The Morgan fingerprint density at radius 1 is 1.00 bits per heavy atom. The van der Waals surface area contributed by atoms with Crippen molar-refractivity contribution < 1.29 is 14.3 Å². The second kappa shape index (κ2) is 7.55. The van der Waals surface area contributed by atoms with Crippen molar-refractivity contribution in [2.24, 2.45) is 0 Å². The molecule has 1 aliphatic heterocycles. The molecular formula is C20H20N4O3S. The average Bonchev–Trinajstić information content (AvgIpc) is 3.12. The summed E-state index contributed by atoms with van der Waals surface area (Å²) in [6, 6.07) is 14.6. The SMILES string of the molecule is COc1ccc(C(=O)C2Sc3nnc(C)n3NC2c2ccc(OC)cc2)cc1. The number of methoxy groups -OCH3 is 2. The third-order valence-corrected chi connectivity index (χ3v) is 5.92. The van der Waals surface area contributed by atoms with Crippen molar-refractivity contribution in [1.82, 2.24) is 14.9 Å². The summed E-state index contributed by atoms with van der Waals surface area (Å²) in [5.41, 5.74) is 5.02. The number of rotatable bonds is 5. The molecule has 4 rings (SSSR count). The van der Waals surface area contributed by atoms with E-state index in [0.29, 0.717) is 16.5 Å². The first kappa shape index (κ1) is 18.4. The number of carbonyl (C=O) groups is 1. The van der Waals surface area contributed by atoms with Crippen LogP contribution in [0.2, 0.25) is 0 Å². The molecule has 144 valence electrons. The van der Waals surface area contributed by atoms with Crippen molar-refractivity contribution in [3.05, 3.63) is 65.5 Å². The van der Waals surface area contributed by atoms with Gasteiger partial charge in [-0.2, -0.15) is 0 Å². The van der Waals surface area contributed by atoms with Crippen LogP contribution in [0.3, 0.4) is 0 Å². The highest BCUT2D eigenvalue weighted by atomic mass is 32.2. The lowest BCUT2D eigenvalue weighted by atomic mass is 9.97. The van der Waals surface area contributed by atoms with Gasteiger partial charge >= 0.3 is 0 Å². The van der Waals surface area contributed by atoms with Gasteiger partial charge in [-0.1, -0.05) is 23.9 Å². The highest BCUT2D eigenvalue weighted by molar-refractivity contribution is 8.00. The molecule has 1 aromatic heterocycles. The normalized spacial score (nSPS) is 18.1. The van der Waals surface area contributed by atoms with Gasteiger partial charge in [0.25, 0.3) is 0 Å². The first-order chi connectivity index (χ1) is 13.6. The van der Waals surface area contributed by atoms with Gasteiger partial charge in [0.2, 0.25) is 5.16 Å². The molecule has 0 bridgehead atoms. The van der Waals surface area contributed by atoms with Crippen molar-refractivity contribution in [2.75, 3.05) is 19.6 Å². The first-order valence-corrected chi connectivity index (χ1v) is 9.66. The van der Waals surface area contributed by atoms with E-state index in [2.05, 4.69) is 15.6 Å². The summed E-state index contributed by atoms with van der Waals surface area (Å²) in [4.78, 5) is 13.3. The Balaban J connectivity index is 1.71. The lowest BCUT2D eigenvalue weighted by Crippen LogP contribution is -2.39. The number of aryl methyl sites for hydroxylation is 1. The highest BCUT2D eigenvalue weighted by Gasteiger charge is 2.37. The molecule has 1 aliphatic rings. The van der Waals surface area contributed by atoms with Crippen LogP contribution in [0.25, 0.3) is 0 Å². The Morgan fingerprint density at radius 2 is 1.61 bits per heavy atom. The fourth-order valence-corrected chi connectivity index (χ4v) is 4.34. The number of ketones is 1. The van der Waals surface area contributed by atoms with Crippen LogP contribution >= 0.6 is 11.8 Å². The fraction of sp³-hybridized carbons (Fsp3) is 0.250. The van der Waals surface area contributed by atoms with Crippen LogP contribution in [0.4, 0.5) is 0 Å². The summed E-state index contributed by atoms with van der Waals surface area (Å²) < 4.78 is 12.3. The molecule has 7 nitrogen and oxygen atoms in total. The van der Waals surface area contributed by atoms with Gasteiger partial charge in [0, 0.05) is 5.56 Å². The van der Waals surface area contributed by atoms with Crippen LogP contribution in [0.5, 0.6) is 11.5 Å². The molecule has 2 atom stereocenters. The second-order valence-electron chi connectivity index (χ2n) is 6.38. The minimum Gasteiger partial charge on any atom is -0.497 e. The molecule has 2 unspecified atom stereocenters. The zero-order chi connectivity index (χ0) is 19.7. The van der Waals surface area contributed by atoms with Crippen LogP contribution in [-0.4, -0.2) is 40.1 Å². The number of Topliss-reactive ketones (excluding diaryl/α,β-unsaturated/α-hetero) is 1. The highest BCUT2D eigenvalue weighted by Crippen LogP contribution is 2.39. The predicted octanol–water partition coefficient (Wildman–Crippen LogP) is 3.25. The summed E-state index contributed by atoms with van der Waals surface area (Å²) >= 11 is 1.42. The van der Waals surface area contributed by atoms with Gasteiger partial charge in [-0.3, -0.25) is 4.79 Å². The molecule has 0 aliphatic carbocycles. The number of ether oxygens (including phenoxy) is 2.